The molecular formula is C17H26ClFN2O. The van der Waals surface area contributed by atoms with Crippen LogP contribution in [0.4, 0.5) is 4.39 Å². The van der Waals surface area contributed by atoms with Crippen molar-refractivity contribution in [1.29, 1.82) is 0 Å². The average Bonchev–Trinajstić information content (AvgIpc) is 2.91. The number of halogens is 2. The Bertz CT molecular complexity index is 478. The molecule has 0 saturated carbocycles. The molecule has 2 unspecified atom stereocenters. The molecule has 0 radical (unpaired) electrons. The van der Waals surface area contributed by atoms with Crippen LogP contribution in [0.1, 0.15) is 45.2 Å². The van der Waals surface area contributed by atoms with Crippen LogP contribution in [0.3, 0.4) is 0 Å². The Labute approximate surface area is 138 Å². The van der Waals surface area contributed by atoms with Crippen molar-refractivity contribution in [3.8, 4) is 0 Å². The van der Waals surface area contributed by atoms with Gasteiger partial charge in [0.1, 0.15) is 5.82 Å². The highest BCUT2D eigenvalue weighted by atomic mass is 35.5. The molecule has 0 spiro atoms. The fourth-order valence-electron chi connectivity index (χ4n) is 2.73. The minimum Gasteiger partial charge on any atom is -0.349 e. The van der Waals surface area contributed by atoms with Crippen LogP contribution in [0.5, 0.6) is 0 Å². The van der Waals surface area contributed by atoms with Gasteiger partial charge >= 0.3 is 0 Å². The molecule has 1 aliphatic rings. The number of nitrogens with one attached hydrogen (secondary N) is 2. The number of benzene rings is 1. The van der Waals surface area contributed by atoms with Gasteiger partial charge in [-0.15, -0.1) is 12.4 Å². The molecule has 0 aliphatic carbocycles. The smallest absolute Gasteiger partial charge is 0.224 e. The zero-order valence-corrected chi connectivity index (χ0v) is 14.3. The summed E-state index contributed by atoms with van der Waals surface area (Å²) in [7, 11) is 0. The van der Waals surface area contributed by atoms with Crippen LogP contribution in [0, 0.1) is 17.2 Å². The molecule has 0 aromatic heterocycles. The van der Waals surface area contributed by atoms with E-state index < -0.39 is 0 Å². The molecule has 1 heterocycles. The van der Waals surface area contributed by atoms with Crippen molar-refractivity contribution >= 4 is 18.3 Å². The number of rotatable bonds is 4. The summed E-state index contributed by atoms with van der Waals surface area (Å²) < 4.78 is 13.1. The van der Waals surface area contributed by atoms with Gasteiger partial charge in [-0.1, -0.05) is 32.9 Å². The Morgan fingerprint density at radius 1 is 1.36 bits per heavy atom. The molecule has 3 nitrogen and oxygen atoms in total. The van der Waals surface area contributed by atoms with Crippen LogP contribution in [-0.2, 0) is 4.79 Å². The highest BCUT2D eigenvalue weighted by Crippen LogP contribution is 2.30. The molecule has 1 amide bonds. The molecule has 1 saturated heterocycles. The van der Waals surface area contributed by atoms with Crippen LogP contribution in [0.15, 0.2) is 24.3 Å². The Balaban J connectivity index is 0.00000242. The van der Waals surface area contributed by atoms with Gasteiger partial charge in [-0.25, -0.2) is 4.39 Å². The summed E-state index contributed by atoms with van der Waals surface area (Å²) in [6.07, 6.45) is 1.71. The van der Waals surface area contributed by atoms with Gasteiger partial charge in [0, 0.05) is 6.54 Å². The minimum atomic E-state index is -0.250. The maximum atomic E-state index is 13.1. The van der Waals surface area contributed by atoms with Gasteiger partial charge in [0.05, 0.1) is 12.0 Å². The maximum Gasteiger partial charge on any atom is 0.224 e. The van der Waals surface area contributed by atoms with Crippen molar-refractivity contribution < 1.29 is 9.18 Å². The minimum absolute atomic E-state index is 0. The van der Waals surface area contributed by atoms with E-state index >= 15 is 0 Å². The Morgan fingerprint density at radius 2 is 2.00 bits per heavy atom. The number of amides is 1. The third-order valence-corrected chi connectivity index (χ3v) is 3.84. The lowest BCUT2D eigenvalue weighted by molar-refractivity contribution is -0.125. The van der Waals surface area contributed by atoms with Crippen LogP contribution in [0.25, 0.3) is 0 Å². The summed E-state index contributed by atoms with van der Waals surface area (Å²) in [4.78, 5) is 12.4. The largest absolute Gasteiger partial charge is 0.349 e. The molecule has 124 valence electrons. The summed E-state index contributed by atoms with van der Waals surface area (Å²) in [6, 6.07) is 6.36. The van der Waals surface area contributed by atoms with Crippen LogP contribution in [0.2, 0.25) is 0 Å². The monoisotopic (exact) mass is 328 g/mol. The zero-order valence-electron chi connectivity index (χ0n) is 13.5. The molecular weight excluding hydrogens is 303 g/mol. The second kappa shape index (κ2) is 7.93. The fourth-order valence-corrected chi connectivity index (χ4v) is 2.73. The molecule has 2 atom stereocenters. The summed E-state index contributed by atoms with van der Waals surface area (Å²) in [5, 5.41) is 6.36. The summed E-state index contributed by atoms with van der Waals surface area (Å²) >= 11 is 0. The number of hydrogen-bond donors (Lipinski definition) is 2. The van der Waals surface area contributed by atoms with Crippen molar-refractivity contribution in [2.24, 2.45) is 11.3 Å². The fraction of sp³-hybridized carbons (Fsp3) is 0.588. The highest BCUT2D eigenvalue weighted by molar-refractivity contribution is 5.85. The van der Waals surface area contributed by atoms with E-state index in [9.17, 15) is 9.18 Å². The molecule has 0 bridgehead atoms. The average molecular weight is 329 g/mol. The van der Waals surface area contributed by atoms with E-state index in [0.29, 0.717) is 0 Å². The van der Waals surface area contributed by atoms with Gasteiger partial charge in [-0.3, -0.25) is 4.79 Å². The van der Waals surface area contributed by atoms with Gasteiger partial charge in [0.15, 0.2) is 0 Å². The predicted molar refractivity (Wildman–Crippen MR) is 89.6 cm³/mol. The topological polar surface area (TPSA) is 41.1 Å². The van der Waals surface area contributed by atoms with E-state index in [1.807, 2.05) is 0 Å². The van der Waals surface area contributed by atoms with E-state index in [4.69, 9.17) is 0 Å². The van der Waals surface area contributed by atoms with Crippen LogP contribution < -0.4 is 10.6 Å². The maximum absolute atomic E-state index is 13.1. The number of hydrogen-bond acceptors (Lipinski definition) is 2. The second-order valence-electron chi connectivity index (χ2n) is 7.07. The molecule has 1 aliphatic heterocycles. The first-order chi connectivity index (χ1) is 9.85. The molecule has 1 aromatic carbocycles. The lowest BCUT2D eigenvalue weighted by Crippen LogP contribution is -2.36. The third-order valence-electron chi connectivity index (χ3n) is 3.84. The van der Waals surface area contributed by atoms with Gasteiger partial charge in [-0.05, 0) is 42.5 Å². The van der Waals surface area contributed by atoms with Crippen molar-refractivity contribution in [3.05, 3.63) is 35.6 Å². The number of carbonyl (C=O) groups is 1. The van der Waals surface area contributed by atoms with Crippen molar-refractivity contribution in [2.75, 3.05) is 13.1 Å². The molecule has 1 fully saturated rings. The van der Waals surface area contributed by atoms with Gasteiger partial charge in [0.2, 0.25) is 5.91 Å². The second-order valence-corrected chi connectivity index (χ2v) is 7.07. The summed E-state index contributed by atoms with van der Waals surface area (Å²) in [6.45, 7) is 8.09. The Kier molecular flexibility index (Phi) is 6.82. The standard InChI is InChI=1S/C17H25FN2O.ClH/c1-17(2,3)10-15(12-4-6-14(18)7-5-12)20-16(21)13-8-9-19-11-13;/h4-7,13,15,19H,8-11H2,1-3H3,(H,20,21);1H. The first kappa shape index (κ1) is 18.9. The Hall–Kier alpha value is -1.13. The van der Waals surface area contributed by atoms with Crippen molar-refractivity contribution in [2.45, 2.75) is 39.7 Å². The molecule has 2 rings (SSSR count). The number of carbonyl (C=O) groups excluding carboxylic acids is 1. The summed E-state index contributed by atoms with van der Waals surface area (Å²) in [5.74, 6) is -0.105. The zero-order chi connectivity index (χ0) is 15.5. The van der Waals surface area contributed by atoms with E-state index in [-0.39, 0.29) is 41.5 Å². The lowest BCUT2D eigenvalue weighted by Gasteiger charge is -2.28. The van der Waals surface area contributed by atoms with Crippen molar-refractivity contribution in [1.82, 2.24) is 10.6 Å². The van der Waals surface area contributed by atoms with E-state index in [1.165, 1.54) is 12.1 Å². The van der Waals surface area contributed by atoms with Crippen LogP contribution >= 0.6 is 12.4 Å². The van der Waals surface area contributed by atoms with E-state index in [2.05, 4.69) is 31.4 Å². The lowest BCUT2D eigenvalue weighted by atomic mass is 9.85. The quantitative estimate of drug-likeness (QED) is 0.888. The molecule has 1 aromatic rings. The van der Waals surface area contributed by atoms with Crippen molar-refractivity contribution in [3.63, 3.8) is 0 Å². The molecule has 22 heavy (non-hydrogen) atoms. The van der Waals surface area contributed by atoms with Gasteiger partial charge in [-0.2, -0.15) is 0 Å². The normalized spacial score (nSPS) is 19.4. The van der Waals surface area contributed by atoms with E-state index in [1.54, 1.807) is 12.1 Å². The molecule has 2 N–H and O–H groups in total. The molecule has 5 heteroatoms. The third kappa shape index (κ3) is 5.58. The van der Waals surface area contributed by atoms with E-state index in [0.717, 1.165) is 31.5 Å². The Morgan fingerprint density at radius 3 is 2.50 bits per heavy atom. The van der Waals surface area contributed by atoms with Crippen LogP contribution in [-0.4, -0.2) is 19.0 Å². The highest BCUT2D eigenvalue weighted by Gasteiger charge is 2.27. The summed E-state index contributed by atoms with van der Waals surface area (Å²) in [5.41, 5.74) is 1.05. The van der Waals surface area contributed by atoms with Gasteiger partial charge in [0.25, 0.3) is 0 Å². The predicted octanol–water partition coefficient (Wildman–Crippen LogP) is 3.45. The van der Waals surface area contributed by atoms with Gasteiger partial charge < -0.3 is 10.6 Å². The SMILES string of the molecule is CC(C)(C)CC(NC(=O)C1CCNC1)c1ccc(F)cc1.Cl. The first-order valence-electron chi connectivity index (χ1n) is 7.62. The first-order valence-corrected chi connectivity index (χ1v) is 7.62.